The van der Waals surface area contributed by atoms with Crippen LogP contribution in [0.4, 0.5) is 0 Å². The average molecular weight is 197 g/mol. The van der Waals surface area contributed by atoms with E-state index < -0.39 is 5.60 Å². The molecule has 0 spiro atoms. The molecule has 0 bridgehead atoms. The van der Waals surface area contributed by atoms with E-state index in [1.54, 1.807) is 18.3 Å². The van der Waals surface area contributed by atoms with Crippen molar-refractivity contribution in [3.05, 3.63) is 21.9 Å². The quantitative estimate of drug-likeness (QED) is 0.691. The highest BCUT2D eigenvalue weighted by Gasteiger charge is 2.39. The molecule has 1 aromatic rings. The molecule has 0 aromatic carbocycles. The third-order valence-corrected chi connectivity index (χ3v) is 3.15. The molecule has 4 heteroatoms. The molecule has 0 aliphatic heterocycles. The number of hydrogen-bond donors (Lipinski definition) is 1. The molecule has 2 rings (SSSR count). The van der Waals surface area contributed by atoms with Crippen LogP contribution in [0.15, 0.2) is 16.6 Å². The molecule has 13 heavy (non-hydrogen) atoms. The molecule has 1 aromatic heterocycles. The standard InChI is InChI=1S/C9H11NO2S/c1-9(11)5-6-3-4-13-7(6)8(9)10-12-2/h3-4,11H,5H2,1-2H3/b10-8-/t9-/m1/s1. The van der Waals surface area contributed by atoms with Gasteiger partial charge in [0.1, 0.15) is 18.4 Å². The van der Waals surface area contributed by atoms with Crippen molar-refractivity contribution in [3.63, 3.8) is 0 Å². The van der Waals surface area contributed by atoms with Gasteiger partial charge in [-0.15, -0.1) is 11.3 Å². The summed E-state index contributed by atoms with van der Waals surface area (Å²) in [6.45, 7) is 1.76. The molecule has 0 saturated heterocycles. The minimum Gasteiger partial charge on any atom is -0.399 e. The van der Waals surface area contributed by atoms with E-state index in [9.17, 15) is 5.11 Å². The molecule has 0 amide bonds. The predicted octanol–water partition coefficient (Wildman–Crippen LogP) is 1.41. The van der Waals surface area contributed by atoms with Gasteiger partial charge in [-0.2, -0.15) is 0 Å². The van der Waals surface area contributed by atoms with Gasteiger partial charge in [-0.05, 0) is 23.9 Å². The van der Waals surface area contributed by atoms with Gasteiger partial charge in [-0.1, -0.05) is 5.16 Å². The van der Waals surface area contributed by atoms with Gasteiger partial charge in [0.25, 0.3) is 0 Å². The van der Waals surface area contributed by atoms with Crippen molar-refractivity contribution in [2.45, 2.75) is 18.9 Å². The van der Waals surface area contributed by atoms with E-state index in [1.165, 1.54) is 7.11 Å². The molecule has 1 heterocycles. The Labute approximate surface area is 80.6 Å². The Hall–Kier alpha value is -0.870. The highest BCUT2D eigenvalue weighted by atomic mass is 32.1. The minimum atomic E-state index is -0.863. The third-order valence-electron chi connectivity index (χ3n) is 2.19. The van der Waals surface area contributed by atoms with Crippen molar-refractivity contribution in [2.75, 3.05) is 7.11 Å². The van der Waals surface area contributed by atoms with E-state index >= 15 is 0 Å². The Morgan fingerprint density at radius 2 is 2.46 bits per heavy atom. The van der Waals surface area contributed by atoms with Crippen molar-refractivity contribution < 1.29 is 9.94 Å². The summed E-state index contributed by atoms with van der Waals surface area (Å²) < 4.78 is 0. The summed E-state index contributed by atoms with van der Waals surface area (Å²) in [5.74, 6) is 0. The van der Waals surface area contributed by atoms with E-state index in [0.717, 1.165) is 10.4 Å². The van der Waals surface area contributed by atoms with Crippen LogP contribution in [-0.4, -0.2) is 23.5 Å². The van der Waals surface area contributed by atoms with Crippen LogP contribution >= 0.6 is 11.3 Å². The van der Waals surface area contributed by atoms with Gasteiger partial charge < -0.3 is 9.94 Å². The summed E-state index contributed by atoms with van der Waals surface area (Å²) in [7, 11) is 1.49. The zero-order valence-corrected chi connectivity index (χ0v) is 8.39. The second-order valence-corrected chi connectivity index (χ2v) is 4.26. The zero-order valence-electron chi connectivity index (χ0n) is 7.57. The molecule has 0 saturated carbocycles. The minimum absolute atomic E-state index is 0.633. The molecule has 1 aliphatic rings. The number of fused-ring (bicyclic) bond motifs is 1. The summed E-state index contributed by atoms with van der Waals surface area (Å²) in [4.78, 5) is 5.77. The third kappa shape index (κ3) is 1.26. The maximum atomic E-state index is 9.99. The number of rotatable bonds is 1. The monoisotopic (exact) mass is 197 g/mol. The lowest BCUT2D eigenvalue weighted by atomic mass is 10.0. The van der Waals surface area contributed by atoms with E-state index in [0.29, 0.717) is 12.1 Å². The fourth-order valence-corrected chi connectivity index (χ4v) is 2.64. The Kier molecular flexibility index (Phi) is 1.89. The fourth-order valence-electron chi connectivity index (χ4n) is 1.61. The second-order valence-electron chi connectivity index (χ2n) is 3.35. The summed E-state index contributed by atoms with van der Waals surface area (Å²) >= 11 is 1.59. The van der Waals surface area contributed by atoms with Crippen molar-refractivity contribution in [1.29, 1.82) is 0 Å². The topological polar surface area (TPSA) is 41.8 Å². The summed E-state index contributed by atoms with van der Waals surface area (Å²) in [6, 6.07) is 2.02. The Balaban J connectivity index is 2.49. The number of thiophene rings is 1. The van der Waals surface area contributed by atoms with Gasteiger partial charge >= 0.3 is 0 Å². The molecular formula is C9H11NO2S. The van der Waals surface area contributed by atoms with Crippen molar-refractivity contribution in [1.82, 2.24) is 0 Å². The molecule has 1 aliphatic carbocycles. The lowest BCUT2D eigenvalue weighted by Crippen LogP contribution is -2.32. The van der Waals surface area contributed by atoms with Crippen molar-refractivity contribution in [3.8, 4) is 0 Å². The van der Waals surface area contributed by atoms with Crippen molar-refractivity contribution in [2.24, 2.45) is 5.16 Å². The van der Waals surface area contributed by atoms with Crippen LogP contribution in [0.3, 0.4) is 0 Å². The first kappa shape index (κ1) is 8.72. The van der Waals surface area contributed by atoms with Crippen LogP contribution in [-0.2, 0) is 11.3 Å². The molecule has 0 radical (unpaired) electrons. The molecule has 0 fully saturated rings. The van der Waals surface area contributed by atoms with Gasteiger partial charge in [0.2, 0.25) is 0 Å². The largest absolute Gasteiger partial charge is 0.399 e. The molecule has 1 N–H and O–H groups in total. The van der Waals surface area contributed by atoms with E-state index in [1.807, 2.05) is 11.4 Å². The Morgan fingerprint density at radius 1 is 1.69 bits per heavy atom. The van der Waals surface area contributed by atoms with Crippen LogP contribution in [0.5, 0.6) is 0 Å². The Morgan fingerprint density at radius 3 is 3.15 bits per heavy atom. The highest BCUT2D eigenvalue weighted by Crippen LogP contribution is 2.34. The SMILES string of the molecule is CO/N=C1/c2sccc2C[C@@]1(C)O. The zero-order chi connectivity index (χ0) is 9.47. The van der Waals surface area contributed by atoms with Gasteiger partial charge in [0.15, 0.2) is 0 Å². The maximum absolute atomic E-state index is 9.99. The van der Waals surface area contributed by atoms with E-state index in [-0.39, 0.29) is 0 Å². The first-order valence-electron chi connectivity index (χ1n) is 4.06. The normalized spacial score (nSPS) is 29.3. The molecule has 70 valence electrons. The average Bonchev–Trinajstić information content (AvgIpc) is 2.53. The first-order chi connectivity index (χ1) is 6.15. The maximum Gasteiger partial charge on any atom is 0.129 e. The van der Waals surface area contributed by atoms with Crippen LogP contribution in [0.2, 0.25) is 0 Å². The molecule has 0 unspecified atom stereocenters. The van der Waals surface area contributed by atoms with Crippen LogP contribution < -0.4 is 0 Å². The van der Waals surface area contributed by atoms with Gasteiger partial charge in [0, 0.05) is 6.42 Å². The van der Waals surface area contributed by atoms with Crippen LogP contribution in [0.25, 0.3) is 0 Å². The number of hydrogen-bond acceptors (Lipinski definition) is 4. The number of nitrogens with zero attached hydrogens (tertiary/aromatic N) is 1. The first-order valence-corrected chi connectivity index (χ1v) is 4.94. The lowest BCUT2D eigenvalue weighted by Gasteiger charge is -2.15. The lowest BCUT2D eigenvalue weighted by molar-refractivity contribution is 0.129. The Bertz CT molecular complexity index is 354. The molecule has 1 atom stereocenters. The number of aliphatic hydroxyl groups is 1. The van der Waals surface area contributed by atoms with Gasteiger partial charge in [-0.25, -0.2) is 0 Å². The van der Waals surface area contributed by atoms with E-state index in [2.05, 4.69) is 5.16 Å². The van der Waals surface area contributed by atoms with Crippen LogP contribution in [0.1, 0.15) is 17.4 Å². The highest BCUT2D eigenvalue weighted by molar-refractivity contribution is 7.12. The second kappa shape index (κ2) is 2.82. The summed E-state index contributed by atoms with van der Waals surface area (Å²) in [6.07, 6.45) is 0.633. The van der Waals surface area contributed by atoms with Gasteiger partial charge in [-0.3, -0.25) is 0 Å². The summed E-state index contributed by atoms with van der Waals surface area (Å²) in [5.41, 5.74) is 0.948. The smallest absolute Gasteiger partial charge is 0.129 e. The fraction of sp³-hybridized carbons (Fsp3) is 0.444. The van der Waals surface area contributed by atoms with E-state index in [4.69, 9.17) is 4.84 Å². The van der Waals surface area contributed by atoms with Crippen molar-refractivity contribution >= 4 is 17.0 Å². The number of oxime groups is 1. The molecular weight excluding hydrogens is 186 g/mol. The van der Waals surface area contributed by atoms with Gasteiger partial charge in [0.05, 0.1) is 4.88 Å². The van der Waals surface area contributed by atoms with Crippen LogP contribution in [0, 0.1) is 0 Å². The molecule has 3 nitrogen and oxygen atoms in total. The summed E-state index contributed by atoms with van der Waals surface area (Å²) in [5, 5.41) is 15.9. The predicted molar refractivity (Wildman–Crippen MR) is 52.2 cm³/mol.